The molecule has 4 nitrogen and oxygen atoms in total. The standard InChI is InChI=1S/C14H24N2O2S3/c1-2-21(17,18)14-12-20-10-8-16(14)7-6-15-5-3-13-4-9-19-11-13/h4,9,11,14-15H,2-3,5-8,10,12H2,1H3. The van der Waals surface area contributed by atoms with E-state index in [-0.39, 0.29) is 11.1 Å². The summed E-state index contributed by atoms with van der Waals surface area (Å²) in [7, 11) is -2.97. The first kappa shape index (κ1) is 17.3. The topological polar surface area (TPSA) is 49.4 Å². The van der Waals surface area contributed by atoms with Gasteiger partial charge in [0.1, 0.15) is 5.37 Å². The second kappa shape index (κ2) is 8.53. The van der Waals surface area contributed by atoms with E-state index in [9.17, 15) is 8.42 Å². The average Bonchev–Trinajstić information content (AvgIpc) is 3.00. The number of hydrogen-bond acceptors (Lipinski definition) is 6. The van der Waals surface area contributed by atoms with Gasteiger partial charge in [-0.15, -0.1) is 0 Å². The summed E-state index contributed by atoms with van der Waals surface area (Å²) in [6.45, 7) is 5.23. The van der Waals surface area contributed by atoms with Crippen LogP contribution in [0.5, 0.6) is 0 Å². The van der Waals surface area contributed by atoms with Crippen LogP contribution in [0.1, 0.15) is 12.5 Å². The fourth-order valence-electron chi connectivity index (χ4n) is 2.41. The highest BCUT2D eigenvalue weighted by molar-refractivity contribution is 8.01. The van der Waals surface area contributed by atoms with Crippen LogP contribution < -0.4 is 5.32 Å². The van der Waals surface area contributed by atoms with Crippen LogP contribution in [-0.2, 0) is 16.3 Å². The lowest BCUT2D eigenvalue weighted by Gasteiger charge is -2.34. The smallest absolute Gasteiger partial charge is 0.166 e. The molecule has 2 rings (SSSR count). The van der Waals surface area contributed by atoms with E-state index in [1.807, 2.05) is 0 Å². The Morgan fingerprint density at radius 3 is 3.00 bits per heavy atom. The average molecular weight is 349 g/mol. The van der Waals surface area contributed by atoms with Crippen molar-refractivity contribution in [1.82, 2.24) is 10.2 Å². The Bertz CT molecular complexity index is 502. The van der Waals surface area contributed by atoms with Gasteiger partial charge < -0.3 is 5.32 Å². The van der Waals surface area contributed by atoms with Gasteiger partial charge >= 0.3 is 0 Å². The van der Waals surface area contributed by atoms with Gasteiger partial charge in [0.25, 0.3) is 0 Å². The molecular weight excluding hydrogens is 324 g/mol. The molecule has 1 unspecified atom stereocenters. The molecule has 2 heterocycles. The third-order valence-electron chi connectivity index (χ3n) is 3.75. The van der Waals surface area contributed by atoms with Gasteiger partial charge in [-0.05, 0) is 35.4 Å². The first-order valence-electron chi connectivity index (χ1n) is 7.38. The van der Waals surface area contributed by atoms with Gasteiger partial charge in [0.05, 0.1) is 0 Å². The molecule has 1 aromatic rings. The summed E-state index contributed by atoms with van der Waals surface area (Å²) in [6, 6.07) is 2.15. The highest BCUT2D eigenvalue weighted by Gasteiger charge is 2.32. The van der Waals surface area contributed by atoms with Crippen molar-refractivity contribution in [3.8, 4) is 0 Å². The number of nitrogens with one attached hydrogen (secondary N) is 1. The Morgan fingerprint density at radius 2 is 2.29 bits per heavy atom. The Hall–Kier alpha value is -0.0800. The monoisotopic (exact) mass is 348 g/mol. The van der Waals surface area contributed by atoms with Crippen LogP contribution in [0.25, 0.3) is 0 Å². The molecule has 1 aliphatic rings. The van der Waals surface area contributed by atoms with E-state index >= 15 is 0 Å². The Labute approximate surface area is 136 Å². The van der Waals surface area contributed by atoms with Crippen LogP contribution >= 0.6 is 23.1 Å². The molecular formula is C14H24N2O2S3. The van der Waals surface area contributed by atoms with Gasteiger partial charge in [-0.1, -0.05) is 6.92 Å². The van der Waals surface area contributed by atoms with E-state index in [0.717, 1.165) is 38.4 Å². The lowest BCUT2D eigenvalue weighted by molar-refractivity contribution is 0.270. The highest BCUT2D eigenvalue weighted by atomic mass is 32.2. The number of sulfone groups is 1. The summed E-state index contributed by atoms with van der Waals surface area (Å²) < 4.78 is 24.3. The predicted octanol–water partition coefficient (Wildman–Crippen LogP) is 1.69. The molecule has 1 fully saturated rings. The maximum absolute atomic E-state index is 12.1. The summed E-state index contributed by atoms with van der Waals surface area (Å²) in [5.74, 6) is 1.98. The van der Waals surface area contributed by atoms with Crippen molar-refractivity contribution in [1.29, 1.82) is 0 Å². The van der Waals surface area contributed by atoms with E-state index in [1.165, 1.54) is 5.56 Å². The van der Waals surface area contributed by atoms with Crippen LogP contribution in [0.4, 0.5) is 0 Å². The predicted molar refractivity (Wildman–Crippen MR) is 93.0 cm³/mol. The summed E-state index contributed by atoms with van der Waals surface area (Å²) in [6.07, 6.45) is 1.04. The summed E-state index contributed by atoms with van der Waals surface area (Å²) in [5.41, 5.74) is 1.37. The third kappa shape index (κ3) is 5.25. The normalized spacial score (nSPS) is 20.7. The Morgan fingerprint density at radius 1 is 1.43 bits per heavy atom. The van der Waals surface area contributed by atoms with E-state index < -0.39 is 9.84 Å². The zero-order chi connectivity index (χ0) is 15.1. The molecule has 0 amide bonds. The zero-order valence-corrected chi connectivity index (χ0v) is 14.9. The molecule has 120 valence electrons. The fourth-order valence-corrected chi connectivity index (χ4v) is 6.22. The number of thiophene rings is 1. The molecule has 1 atom stereocenters. The number of rotatable bonds is 8. The fraction of sp³-hybridized carbons (Fsp3) is 0.714. The molecule has 21 heavy (non-hydrogen) atoms. The minimum atomic E-state index is -2.97. The largest absolute Gasteiger partial charge is 0.315 e. The van der Waals surface area contributed by atoms with Gasteiger partial charge in [0, 0.05) is 36.9 Å². The SMILES string of the molecule is CCS(=O)(=O)C1CSCCN1CCNCCc1ccsc1. The molecule has 1 aliphatic heterocycles. The van der Waals surface area contributed by atoms with E-state index in [1.54, 1.807) is 30.0 Å². The lowest BCUT2D eigenvalue weighted by Crippen LogP contribution is -2.49. The summed E-state index contributed by atoms with van der Waals surface area (Å²) in [4.78, 5) is 2.13. The van der Waals surface area contributed by atoms with Gasteiger partial charge in [0.2, 0.25) is 0 Å². The molecule has 0 aliphatic carbocycles. The maximum atomic E-state index is 12.1. The minimum Gasteiger partial charge on any atom is -0.315 e. The van der Waals surface area contributed by atoms with Crippen molar-refractivity contribution in [2.45, 2.75) is 18.7 Å². The second-order valence-corrected chi connectivity index (χ2v) is 9.53. The van der Waals surface area contributed by atoms with Crippen LogP contribution in [-0.4, -0.2) is 62.1 Å². The molecule has 7 heteroatoms. The van der Waals surface area contributed by atoms with Gasteiger partial charge in [-0.25, -0.2) is 8.42 Å². The Kier molecular flexibility index (Phi) is 7.01. The number of nitrogens with zero attached hydrogens (tertiary/aromatic N) is 1. The van der Waals surface area contributed by atoms with Gasteiger partial charge in [-0.2, -0.15) is 23.1 Å². The minimum absolute atomic E-state index is 0.236. The highest BCUT2D eigenvalue weighted by Crippen LogP contribution is 2.20. The molecule has 0 saturated carbocycles. The lowest BCUT2D eigenvalue weighted by atomic mass is 10.2. The second-order valence-electron chi connectivity index (χ2n) is 5.15. The zero-order valence-electron chi connectivity index (χ0n) is 12.5. The van der Waals surface area contributed by atoms with Crippen LogP contribution in [0, 0.1) is 0 Å². The van der Waals surface area contributed by atoms with Crippen molar-refractivity contribution in [3.63, 3.8) is 0 Å². The third-order valence-corrected chi connectivity index (χ3v) is 7.82. The molecule has 1 aromatic heterocycles. The first-order chi connectivity index (χ1) is 10.1. The van der Waals surface area contributed by atoms with Crippen molar-refractivity contribution in [3.05, 3.63) is 22.4 Å². The molecule has 0 radical (unpaired) electrons. The number of hydrogen-bond donors (Lipinski definition) is 1. The first-order valence-corrected chi connectivity index (χ1v) is 11.2. The molecule has 0 spiro atoms. The van der Waals surface area contributed by atoms with Crippen molar-refractivity contribution >= 4 is 32.9 Å². The quantitative estimate of drug-likeness (QED) is 0.725. The number of thioether (sulfide) groups is 1. The van der Waals surface area contributed by atoms with Crippen LogP contribution in [0.15, 0.2) is 16.8 Å². The van der Waals surface area contributed by atoms with Gasteiger partial charge in [0.15, 0.2) is 9.84 Å². The van der Waals surface area contributed by atoms with E-state index in [4.69, 9.17) is 0 Å². The molecule has 1 saturated heterocycles. The van der Waals surface area contributed by atoms with E-state index in [0.29, 0.717) is 5.75 Å². The van der Waals surface area contributed by atoms with Crippen molar-refractivity contribution < 1.29 is 8.42 Å². The maximum Gasteiger partial charge on any atom is 0.166 e. The van der Waals surface area contributed by atoms with Crippen molar-refractivity contribution in [2.75, 3.05) is 43.4 Å². The van der Waals surface area contributed by atoms with Crippen LogP contribution in [0.3, 0.4) is 0 Å². The summed E-state index contributed by atoms with van der Waals surface area (Å²) >= 11 is 3.48. The van der Waals surface area contributed by atoms with Crippen molar-refractivity contribution in [2.24, 2.45) is 0 Å². The summed E-state index contributed by atoms with van der Waals surface area (Å²) in [5, 5.41) is 7.40. The Balaban J connectivity index is 1.72. The molecule has 0 bridgehead atoms. The van der Waals surface area contributed by atoms with E-state index in [2.05, 4.69) is 27.0 Å². The molecule has 1 N–H and O–H groups in total. The molecule has 0 aromatic carbocycles. The van der Waals surface area contributed by atoms with Crippen LogP contribution in [0.2, 0.25) is 0 Å². The van der Waals surface area contributed by atoms with Gasteiger partial charge in [-0.3, -0.25) is 4.90 Å².